The number of nitrogens with one attached hydrogen (secondary N) is 1. The number of hydrogen-bond donors (Lipinski definition) is 1. The molecule has 184 valence electrons. The van der Waals surface area contributed by atoms with Crippen molar-refractivity contribution in [2.24, 2.45) is 5.92 Å². The van der Waals surface area contributed by atoms with E-state index >= 15 is 0 Å². The minimum absolute atomic E-state index is 0.000369. The lowest BCUT2D eigenvalue weighted by Crippen LogP contribution is -2.53. The van der Waals surface area contributed by atoms with Crippen LogP contribution in [0.1, 0.15) is 48.0 Å². The van der Waals surface area contributed by atoms with E-state index in [-0.39, 0.29) is 35.8 Å². The second-order valence-electron chi connectivity index (χ2n) is 10.2. The summed E-state index contributed by atoms with van der Waals surface area (Å²) in [6, 6.07) is 6.80. The van der Waals surface area contributed by atoms with Crippen molar-refractivity contribution in [3.63, 3.8) is 0 Å². The standard InChI is InChI=1S/C26H36N4O4/c1-18-4-6-19(7-5-18)25(32)30-16-21(15-23(30)26(33)28-12-10-27-11-13-28)29(24(31)20-8-9-20)17-22-3-2-14-34-22/h4-7,20-23,27H,2-3,8-17H2,1H3. The maximum Gasteiger partial charge on any atom is 0.254 e. The zero-order chi connectivity index (χ0) is 23.7. The third-order valence-corrected chi connectivity index (χ3v) is 7.63. The van der Waals surface area contributed by atoms with Gasteiger partial charge >= 0.3 is 0 Å². The normalized spacial score (nSPS) is 27.1. The lowest BCUT2D eigenvalue weighted by Gasteiger charge is -2.32. The lowest BCUT2D eigenvalue weighted by molar-refractivity contribution is -0.138. The molecule has 8 heteroatoms. The van der Waals surface area contributed by atoms with E-state index in [4.69, 9.17) is 4.74 Å². The summed E-state index contributed by atoms with van der Waals surface area (Å²) in [4.78, 5) is 46.1. The number of carbonyl (C=O) groups is 3. The highest BCUT2D eigenvalue weighted by atomic mass is 16.5. The predicted octanol–water partition coefficient (Wildman–Crippen LogP) is 1.43. The maximum atomic E-state index is 13.6. The molecule has 3 unspecified atom stereocenters. The fourth-order valence-corrected chi connectivity index (χ4v) is 5.45. The van der Waals surface area contributed by atoms with Crippen LogP contribution in [0.3, 0.4) is 0 Å². The minimum atomic E-state index is -0.545. The SMILES string of the molecule is Cc1ccc(C(=O)N2CC(N(CC3CCCO3)C(=O)C3CC3)CC2C(=O)N2CCNCC2)cc1. The Kier molecular flexibility index (Phi) is 6.88. The molecular weight excluding hydrogens is 432 g/mol. The number of benzene rings is 1. The first-order valence-electron chi connectivity index (χ1n) is 12.8. The van der Waals surface area contributed by atoms with E-state index in [2.05, 4.69) is 5.32 Å². The molecule has 4 aliphatic rings. The van der Waals surface area contributed by atoms with Gasteiger partial charge in [-0.3, -0.25) is 14.4 Å². The van der Waals surface area contributed by atoms with Crippen molar-refractivity contribution in [2.45, 2.75) is 57.2 Å². The summed E-state index contributed by atoms with van der Waals surface area (Å²) in [5.41, 5.74) is 1.67. The highest BCUT2D eigenvalue weighted by molar-refractivity contribution is 5.98. The van der Waals surface area contributed by atoms with Gasteiger partial charge < -0.3 is 24.8 Å². The van der Waals surface area contributed by atoms with Gasteiger partial charge in [0, 0.05) is 57.4 Å². The van der Waals surface area contributed by atoms with Crippen LogP contribution in [0.25, 0.3) is 0 Å². The van der Waals surface area contributed by atoms with Gasteiger partial charge in [-0.1, -0.05) is 17.7 Å². The predicted molar refractivity (Wildman–Crippen MR) is 127 cm³/mol. The van der Waals surface area contributed by atoms with E-state index in [1.54, 1.807) is 4.90 Å². The number of rotatable bonds is 6. The molecule has 1 N–H and O–H groups in total. The number of hydrogen-bond acceptors (Lipinski definition) is 5. The molecule has 0 radical (unpaired) electrons. The van der Waals surface area contributed by atoms with Gasteiger partial charge in [-0.05, 0) is 51.2 Å². The summed E-state index contributed by atoms with van der Waals surface area (Å²) in [7, 11) is 0. The van der Waals surface area contributed by atoms with Crippen molar-refractivity contribution in [3.05, 3.63) is 35.4 Å². The Labute approximate surface area is 201 Å². The Hall–Kier alpha value is -2.45. The summed E-state index contributed by atoms with van der Waals surface area (Å²) in [6.45, 7) is 6.49. The Morgan fingerprint density at radius 1 is 1.09 bits per heavy atom. The van der Waals surface area contributed by atoms with Gasteiger partial charge in [0.05, 0.1) is 12.1 Å². The molecule has 3 heterocycles. The highest BCUT2D eigenvalue weighted by Gasteiger charge is 2.47. The van der Waals surface area contributed by atoms with Crippen LogP contribution in [0.5, 0.6) is 0 Å². The van der Waals surface area contributed by atoms with E-state index in [9.17, 15) is 14.4 Å². The first-order chi connectivity index (χ1) is 16.5. The summed E-state index contributed by atoms with van der Waals surface area (Å²) in [5, 5.41) is 3.29. The molecule has 0 aromatic heterocycles. The van der Waals surface area contributed by atoms with Crippen molar-refractivity contribution < 1.29 is 19.1 Å². The second kappa shape index (κ2) is 10.0. The molecule has 1 aliphatic carbocycles. The topological polar surface area (TPSA) is 82.2 Å². The number of ether oxygens (including phenoxy) is 1. The first-order valence-corrected chi connectivity index (χ1v) is 12.8. The van der Waals surface area contributed by atoms with E-state index < -0.39 is 6.04 Å². The molecule has 4 fully saturated rings. The number of aryl methyl sites for hydroxylation is 1. The van der Waals surface area contributed by atoms with Crippen molar-refractivity contribution >= 4 is 17.7 Å². The van der Waals surface area contributed by atoms with Crippen LogP contribution >= 0.6 is 0 Å². The molecule has 1 aromatic rings. The monoisotopic (exact) mass is 468 g/mol. The molecule has 3 atom stereocenters. The quantitative estimate of drug-likeness (QED) is 0.683. The molecule has 3 saturated heterocycles. The number of likely N-dealkylation sites (tertiary alicyclic amines) is 1. The molecule has 1 saturated carbocycles. The summed E-state index contributed by atoms with van der Waals surface area (Å²) < 4.78 is 5.86. The van der Waals surface area contributed by atoms with E-state index in [1.165, 1.54) is 0 Å². The highest BCUT2D eigenvalue weighted by Crippen LogP contribution is 2.35. The fourth-order valence-electron chi connectivity index (χ4n) is 5.45. The average molecular weight is 469 g/mol. The van der Waals surface area contributed by atoms with Gasteiger partial charge in [-0.25, -0.2) is 0 Å². The van der Waals surface area contributed by atoms with Crippen LogP contribution in [-0.2, 0) is 14.3 Å². The van der Waals surface area contributed by atoms with Crippen LogP contribution < -0.4 is 5.32 Å². The van der Waals surface area contributed by atoms with Gasteiger partial charge in [0.15, 0.2) is 0 Å². The minimum Gasteiger partial charge on any atom is -0.376 e. The van der Waals surface area contributed by atoms with E-state index in [0.29, 0.717) is 38.2 Å². The van der Waals surface area contributed by atoms with Crippen molar-refractivity contribution in [2.75, 3.05) is 45.9 Å². The second-order valence-corrected chi connectivity index (χ2v) is 10.2. The third kappa shape index (κ3) is 4.98. The molecule has 8 nitrogen and oxygen atoms in total. The molecular formula is C26H36N4O4. The van der Waals surface area contributed by atoms with Gasteiger partial charge in [-0.15, -0.1) is 0 Å². The lowest BCUT2D eigenvalue weighted by atomic mass is 10.1. The summed E-state index contributed by atoms with van der Waals surface area (Å²) >= 11 is 0. The van der Waals surface area contributed by atoms with Gasteiger partial charge in [-0.2, -0.15) is 0 Å². The Morgan fingerprint density at radius 2 is 1.82 bits per heavy atom. The molecule has 34 heavy (non-hydrogen) atoms. The number of piperazine rings is 1. The van der Waals surface area contributed by atoms with Gasteiger partial charge in [0.25, 0.3) is 5.91 Å². The van der Waals surface area contributed by atoms with Crippen molar-refractivity contribution in [3.8, 4) is 0 Å². The van der Waals surface area contributed by atoms with Crippen LogP contribution in [-0.4, -0.2) is 96.5 Å². The molecule has 3 aliphatic heterocycles. The first kappa shape index (κ1) is 23.3. The van der Waals surface area contributed by atoms with Crippen LogP contribution in [0.15, 0.2) is 24.3 Å². The van der Waals surface area contributed by atoms with E-state index in [1.807, 2.05) is 41.0 Å². The van der Waals surface area contributed by atoms with Gasteiger partial charge in [0.2, 0.25) is 11.8 Å². The number of nitrogens with zero attached hydrogens (tertiary/aromatic N) is 3. The number of carbonyl (C=O) groups excluding carboxylic acids is 3. The zero-order valence-corrected chi connectivity index (χ0v) is 20.1. The average Bonchev–Trinajstić information content (AvgIpc) is 3.41. The largest absolute Gasteiger partial charge is 0.376 e. The van der Waals surface area contributed by atoms with Crippen molar-refractivity contribution in [1.82, 2.24) is 20.0 Å². The molecule has 0 bridgehead atoms. The van der Waals surface area contributed by atoms with Crippen LogP contribution in [0.2, 0.25) is 0 Å². The Balaban J connectivity index is 1.40. The molecule has 3 amide bonds. The Morgan fingerprint density at radius 3 is 2.47 bits per heavy atom. The van der Waals surface area contributed by atoms with Crippen molar-refractivity contribution in [1.29, 1.82) is 0 Å². The van der Waals surface area contributed by atoms with E-state index in [0.717, 1.165) is 50.9 Å². The fraction of sp³-hybridized carbons (Fsp3) is 0.654. The number of amides is 3. The summed E-state index contributed by atoms with van der Waals surface area (Å²) in [6.07, 6.45) is 4.38. The summed E-state index contributed by atoms with van der Waals surface area (Å²) in [5.74, 6) is 0.122. The smallest absolute Gasteiger partial charge is 0.254 e. The Bertz CT molecular complexity index is 904. The molecule has 0 spiro atoms. The molecule has 1 aromatic carbocycles. The maximum absolute atomic E-state index is 13.6. The van der Waals surface area contributed by atoms with Crippen LogP contribution in [0.4, 0.5) is 0 Å². The van der Waals surface area contributed by atoms with Gasteiger partial charge in [0.1, 0.15) is 6.04 Å². The zero-order valence-electron chi connectivity index (χ0n) is 20.1. The van der Waals surface area contributed by atoms with Crippen LogP contribution in [0, 0.1) is 12.8 Å². The third-order valence-electron chi connectivity index (χ3n) is 7.63. The molecule has 5 rings (SSSR count).